The van der Waals surface area contributed by atoms with Gasteiger partial charge < -0.3 is 9.84 Å². The third-order valence-electron chi connectivity index (χ3n) is 3.86. The quantitative estimate of drug-likeness (QED) is 0.872. The highest BCUT2D eigenvalue weighted by atomic mass is 16.5. The van der Waals surface area contributed by atoms with E-state index in [0.717, 1.165) is 23.6 Å². The molecule has 1 N–H and O–H groups in total. The number of fused-ring (bicyclic) bond motifs is 1. The van der Waals surface area contributed by atoms with Crippen LogP contribution in [0.25, 0.3) is 10.8 Å². The van der Waals surface area contributed by atoms with Crippen molar-refractivity contribution in [3.8, 4) is 0 Å². The molecule has 2 aromatic rings. The molecule has 1 saturated heterocycles. The first kappa shape index (κ1) is 13.3. The molecule has 1 aliphatic heterocycles. The fourth-order valence-electron chi connectivity index (χ4n) is 2.68. The molecule has 0 radical (unpaired) electrons. The van der Waals surface area contributed by atoms with Crippen LogP contribution in [0.15, 0.2) is 42.5 Å². The van der Waals surface area contributed by atoms with Crippen LogP contribution in [0.5, 0.6) is 0 Å². The van der Waals surface area contributed by atoms with Crippen molar-refractivity contribution >= 4 is 16.6 Å². The number of ketones is 1. The molecule has 0 amide bonds. The van der Waals surface area contributed by atoms with Crippen LogP contribution in [-0.2, 0) is 4.74 Å². The van der Waals surface area contributed by atoms with E-state index in [2.05, 4.69) is 0 Å². The topological polar surface area (TPSA) is 46.5 Å². The van der Waals surface area contributed by atoms with Crippen LogP contribution in [0.2, 0.25) is 0 Å². The second-order valence-corrected chi connectivity index (χ2v) is 5.31. The fourth-order valence-corrected chi connectivity index (χ4v) is 2.68. The summed E-state index contributed by atoms with van der Waals surface area (Å²) in [5, 5.41) is 12.0. The lowest BCUT2D eigenvalue weighted by molar-refractivity contribution is -0.0724. The molecule has 0 aliphatic carbocycles. The molecule has 0 bridgehead atoms. The molecule has 3 heteroatoms. The van der Waals surface area contributed by atoms with Crippen LogP contribution in [-0.4, -0.2) is 29.7 Å². The molecular formula is C17H18O3. The van der Waals surface area contributed by atoms with E-state index >= 15 is 0 Å². The Morgan fingerprint density at radius 3 is 2.80 bits per heavy atom. The van der Waals surface area contributed by atoms with Gasteiger partial charge in [-0.1, -0.05) is 36.4 Å². The highest BCUT2D eigenvalue weighted by molar-refractivity contribution is 6.00. The van der Waals surface area contributed by atoms with Crippen molar-refractivity contribution in [1.29, 1.82) is 0 Å². The summed E-state index contributed by atoms with van der Waals surface area (Å²) in [4.78, 5) is 12.3. The Morgan fingerprint density at radius 1 is 1.20 bits per heavy atom. The molecule has 3 rings (SSSR count). The third kappa shape index (κ3) is 2.74. The molecule has 1 aliphatic rings. The van der Waals surface area contributed by atoms with Crippen LogP contribution in [0.3, 0.4) is 0 Å². The summed E-state index contributed by atoms with van der Waals surface area (Å²) in [5.74, 6) is 0.0294. The van der Waals surface area contributed by atoms with Gasteiger partial charge in [0.15, 0.2) is 5.78 Å². The smallest absolute Gasteiger partial charge is 0.165 e. The van der Waals surface area contributed by atoms with Crippen molar-refractivity contribution in [2.45, 2.75) is 31.5 Å². The Morgan fingerprint density at radius 2 is 2.00 bits per heavy atom. The minimum atomic E-state index is -0.520. The first-order valence-electron chi connectivity index (χ1n) is 7.06. The number of ether oxygens (including phenoxy) is 1. The Bertz CT molecular complexity index is 620. The fraction of sp³-hybridized carbons (Fsp3) is 0.353. The highest BCUT2D eigenvalue weighted by Crippen LogP contribution is 2.21. The number of hydrogen-bond donors (Lipinski definition) is 1. The lowest BCUT2D eigenvalue weighted by Gasteiger charge is -2.27. The third-order valence-corrected chi connectivity index (χ3v) is 3.86. The average molecular weight is 270 g/mol. The van der Waals surface area contributed by atoms with Gasteiger partial charge in [0.25, 0.3) is 0 Å². The molecule has 0 saturated carbocycles. The summed E-state index contributed by atoms with van der Waals surface area (Å²) in [6.45, 7) is 0.632. The number of hydrogen-bond acceptors (Lipinski definition) is 3. The molecule has 3 nitrogen and oxygen atoms in total. The van der Waals surface area contributed by atoms with Gasteiger partial charge in [0, 0.05) is 18.6 Å². The predicted molar refractivity (Wildman–Crippen MR) is 77.9 cm³/mol. The first-order valence-corrected chi connectivity index (χ1v) is 7.06. The Hall–Kier alpha value is -1.71. The van der Waals surface area contributed by atoms with Gasteiger partial charge >= 0.3 is 0 Å². The summed E-state index contributed by atoms with van der Waals surface area (Å²) in [7, 11) is 0. The maximum absolute atomic E-state index is 12.3. The van der Waals surface area contributed by atoms with Crippen molar-refractivity contribution in [3.63, 3.8) is 0 Å². The zero-order valence-electron chi connectivity index (χ0n) is 11.3. The molecule has 2 atom stereocenters. The minimum absolute atomic E-state index is 0.0294. The Labute approximate surface area is 118 Å². The van der Waals surface area contributed by atoms with Crippen molar-refractivity contribution in [1.82, 2.24) is 0 Å². The van der Waals surface area contributed by atoms with Gasteiger partial charge in [-0.05, 0) is 29.7 Å². The number of carbonyl (C=O) groups excluding carboxylic acids is 1. The minimum Gasteiger partial charge on any atom is -0.390 e. The number of aliphatic hydroxyl groups is 1. The molecule has 20 heavy (non-hydrogen) atoms. The second kappa shape index (κ2) is 5.73. The number of rotatable bonds is 3. The van der Waals surface area contributed by atoms with Crippen molar-refractivity contribution in [2.75, 3.05) is 6.61 Å². The number of carbonyl (C=O) groups is 1. The summed E-state index contributed by atoms with van der Waals surface area (Å²) < 4.78 is 5.50. The normalized spacial score (nSPS) is 22.9. The highest BCUT2D eigenvalue weighted by Gasteiger charge is 2.26. The van der Waals surface area contributed by atoms with Gasteiger partial charge in [0.05, 0.1) is 12.2 Å². The Balaban J connectivity index is 1.78. The van der Waals surface area contributed by atoms with Crippen LogP contribution < -0.4 is 0 Å². The molecule has 1 fully saturated rings. The SMILES string of the molecule is O=C(C[C@H]1OCCC[C@@H]1O)c1ccc2ccccc2c1. The van der Waals surface area contributed by atoms with Gasteiger partial charge in [-0.25, -0.2) is 0 Å². The van der Waals surface area contributed by atoms with Crippen molar-refractivity contribution in [3.05, 3.63) is 48.0 Å². The number of benzene rings is 2. The summed E-state index contributed by atoms with van der Waals surface area (Å²) >= 11 is 0. The van der Waals surface area contributed by atoms with E-state index in [-0.39, 0.29) is 18.3 Å². The zero-order chi connectivity index (χ0) is 13.9. The molecule has 0 unspecified atom stereocenters. The molecule has 1 heterocycles. The second-order valence-electron chi connectivity index (χ2n) is 5.31. The number of aliphatic hydroxyl groups excluding tert-OH is 1. The van der Waals surface area contributed by atoms with Gasteiger partial charge in [0.2, 0.25) is 0 Å². The molecule has 0 spiro atoms. The summed E-state index contributed by atoms with van der Waals surface area (Å²) in [6, 6.07) is 13.7. The van der Waals surface area contributed by atoms with Crippen molar-refractivity contribution < 1.29 is 14.6 Å². The summed E-state index contributed by atoms with van der Waals surface area (Å²) in [5.41, 5.74) is 0.685. The maximum atomic E-state index is 12.3. The standard InChI is InChI=1S/C17H18O3/c18-15-6-3-9-20-17(15)11-16(19)14-8-7-12-4-1-2-5-13(12)10-14/h1-2,4-5,7-8,10,15,17-18H,3,6,9,11H2/t15-,17+/m0/s1. The maximum Gasteiger partial charge on any atom is 0.165 e. The van der Waals surface area contributed by atoms with E-state index < -0.39 is 6.10 Å². The van der Waals surface area contributed by atoms with Crippen LogP contribution in [0.4, 0.5) is 0 Å². The van der Waals surface area contributed by atoms with E-state index in [1.807, 2.05) is 42.5 Å². The lowest BCUT2D eigenvalue weighted by atomic mass is 9.96. The summed E-state index contributed by atoms with van der Waals surface area (Å²) in [6.07, 6.45) is 0.952. The first-order chi connectivity index (χ1) is 9.74. The average Bonchev–Trinajstić information content (AvgIpc) is 2.49. The van der Waals surface area contributed by atoms with E-state index in [1.165, 1.54) is 0 Å². The predicted octanol–water partition coefficient (Wildman–Crippen LogP) is 2.95. The largest absolute Gasteiger partial charge is 0.390 e. The monoisotopic (exact) mass is 270 g/mol. The van der Waals surface area contributed by atoms with E-state index in [1.54, 1.807) is 0 Å². The molecule has 104 valence electrons. The molecular weight excluding hydrogens is 252 g/mol. The Kier molecular flexibility index (Phi) is 3.81. The van der Waals surface area contributed by atoms with E-state index in [9.17, 15) is 9.90 Å². The zero-order valence-corrected chi connectivity index (χ0v) is 11.3. The molecule has 2 aromatic carbocycles. The van der Waals surface area contributed by atoms with Gasteiger partial charge in [-0.15, -0.1) is 0 Å². The van der Waals surface area contributed by atoms with Gasteiger partial charge in [-0.3, -0.25) is 4.79 Å². The van der Waals surface area contributed by atoms with E-state index in [4.69, 9.17) is 4.74 Å². The number of Topliss-reactive ketones (excluding diaryl/α,β-unsaturated/α-hetero) is 1. The van der Waals surface area contributed by atoms with Gasteiger partial charge in [-0.2, -0.15) is 0 Å². The van der Waals surface area contributed by atoms with E-state index in [0.29, 0.717) is 12.2 Å². The van der Waals surface area contributed by atoms with Gasteiger partial charge in [0.1, 0.15) is 0 Å². The van der Waals surface area contributed by atoms with Crippen LogP contribution in [0, 0.1) is 0 Å². The van der Waals surface area contributed by atoms with Crippen LogP contribution >= 0.6 is 0 Å². The van der Waals surface area contributed by atoms with Crippen molar-refractivity contribution in [2.24, 2.45) is 0 Å². The van der Waals surface area contributed by atoms with Crippen LogP contribution in [0.1, 0.15) is 29.6 Å². The molecule has 0 aromatic heterocycles. The lowest BCUT2D eigenvalue weighted by Crippen LogP contribution is -2.35.